The Bertz CT molecular complexity index is 4320. The molecule has 0 N–H and O–H groups in total. The molecule has 2 aromatic heterocycles. The van der Waals surface area contributed by atoms with Crippen LogP contribution in [0.3, 0.4) is 0 Å². The number of furan rings is 1. The summed E-state index contributed by atoms with van der Waals surface area (Å²) in [7, 11) is 0. The van der Waals surface area contributed by atoms with Crippen molar-refractivity contribution in [1.82, 2.24) is 4.98 Å². The lowest BCUT2D eigenvalue weighted by atomic mass is 9.75. The van der Waals surface area contributed by atoms with Gasteiger partial charge in [-0.3, -0.25) is 4.98 Å². The summed E-state index contributed by atoms with van der Waals surface area (Å²) in [5.41, 5.74) is 29.0. The summed E-state index contributed by atoms with van der Waals surface area (Å²) >= 11 is 0. The SMILES string of the molecule is CC(C)(C)c1c(-c2ccc3c(c2)-c2ccccc2-c2ccccc2-c2cc(-c4cccc5c4oc4ccc(C#N)cc45)ccc2-3)cccc1-c1ccc2c(c1)-c1ccccc1-c1ccccc1-c1ncccc1-2. The number of nitrogens with zero attached hydrogens (tertiary/aromatic N) is 2. The molecule has 2 heterocycles. The Hall–Kier alpha value is -9.36. The van der Waals surface area contributed by atoms with Crippen molar-refractivity contribution in [2.75, 3.05) is 0 Å². The van der Waals surface area contributed by atoms with Gasteiger partial charge in [0.15, 0.2) is 0 Å². The largest absolute Gasteiger partial charge is 0.455 e. The monoisotopic (exact) mass is 930 g/mol. The van der Waals surface area contributed by atoms with Gasteiger partial charge in [-0.1, -0.05) is 197 Å². The fourth-order valence-electron chi connectivity index (χ4n) is 12.1. The molecule has 3 heteroatoms. The van der Waals surface area contributed by atoms with Crippen LogP contribution in [0.15, 0.2) is 229 Å². The van der Waals surface area contributed by atoms with E-state index in [4.69, 9.17) is 9.40 Å². The molecule has 3 nitrogen and oxygen atoms in total. The third kappa shape index (κ3) is 6.68. The van der Waals surface area contributed by atoms with E-state index in [1.54, 1.807) is 0 Å². The zero-order chi connectivity index (χ0) is 49.0. The first-order valence-electron chi connectivity index (χ1n) is 25.1. The molecule has 73 heavy (non-hydrogen) atoms. The number of hydrogen-bond acceptors (Lipinski definition) is 3. The molecule has 0 saturated carbocycles. The maximum atomic E-state index is 9.71. The number of nitriles is 1. The zero-order valence-electron chi connectivity index (χ0n) is 40.7. The minimum absolute atomic E-state index is 0.214. The highest BCUT2D eigenvalue weighted by Crippen LogP contribution is 2.53. The molecule has 0 atom stereocenters. The summed E-state index contributed by atoms with van der Waals surface area (Å²) in [4.78, 5) is 5.01. The maximum absolute atomic E-state index is 9.71. The number of fused-ring (bicyclic) bond motifs is 19. The first kappa shape index (κ1) is 42.5. The van der Waals surface area contributed by atoms with E-state index in [0.717, 1.165) is 55.4 Å². The van der Waals surface area contributed by atoms with Gasteiger partial charge < -0.3 is 4.42 Å². The van der Waals surface area contributed by atoms with E-state index in [2.05, 4.69) is 227 Å². The van der Waals surface area contributed by atoms with Gasteiger partial charge in [-0.05, 0) is 154 Å². The Kier molecular flexibility index (Phi) is 9.52. The van der Waals surface area contributed by atoms with Crippen LogP contribution in [0.25, 0.3) is 144 Å². The average molecular weight is 931 g/mol. The average Bonchev–Trinajstić information content (AvgIpc) is 3.82. The van der Waals surface area contributed by atoms with Crippen LogP contribution in [0.5, 0.6) is 0 Å². The second-order valence-corrected chi connectivity index (χ2v) is 20.4. The van der Waals surface area contributed by atoms with Crippen LogP contribution >= 0.6 is 0 Å². The van der Waals surface area contributed by atoms with Gasteiger partial charge in [0, 0.05) is 33.7 Å². The fraction of sp³-hybridized carbons (Fsp3) is 0.0571. The Morgan fingerprint density at radius 3 is 1.29 bits per heavy atom. The van der Waals surface area contributed by atoms with E-state index in [0.29, 0.717) is 5.56 Å². The van der Waals surface area contributed by atoms with E-state index in [1.165, 1.54) is 94.6 Å². The molecule has 0 radical (unpaired) electrons. The van der Waals surface area contributed by atoms with Crippen molar-refractivity contribution in [3.63, 3.8) is 0 Å². The van der Waals surface area contributed by atoms with E-state index in [1.807, 2.05) is 24.4 Å². The van der Waals surface area contributed by atoms with Crippen LogP contribution in [0, 0.1) is 11.3 Å². The van der Waals surface area contributed by atoms with Gasteiger partial charge in [0.05, 0.1) is 17.3 Å². The molecule has 12 aromatic rings. The third-order valence-corrected chi connectivity index (χ3v) is 15.2. The summed E-state index contributed by atoms with van der Waals surface area (Å²) < 4.78 is 6.58. The molecule has 342 valence electrons. The molecule has 0 aliphatic heterocycles. The van der Waals surface area contributed by atoms with E-state index in [9.17, 15) is 5.26 Å². The minimum Gasteiger partial charge on any atom is -0.455 e. The molecule has 0 spiro atoms. The molecule has 0 amide bonds. The molecular weight excluding hydrogens is 885 g/mol. The van der Waals surface area contributed by atoms with Crippen LogP contribution < -0.4 is 0 Å². The molecule has 0 unspecified atom stereocenters. The number of rotatable bonds is 3. The molecule has 0 saturated heterocycles. The number of para-hydroxylation sites is 1. The van der Waals surface area contributed by atoms with Gasteiger partial charge in [0.25, 0.3) is 0 Å². The number of benzene rings is 10. The highest BCUT2D eigenvalue weighted by atomic mass is 16.3. The second kappa shape index (κ2) is 16.4. The second-order valence-electron chi connectivity index (χ2n) is 20.4. The van der Waals surface area contributed by atoms with Crippen molar-refractivity contribution in [1.29, 1.82) is 5.26 Å². The van der Waals surface area contributed by atoms with Crippen LogP contribution in [0.1, 0.15) is 31.9 Å². The normalized spacial score (nSPS) is 12.0. The number of hydrogen-bond donors (Lipinski definition) is 0. The minimum atomic E-state index is -0.214. The Morgan fingerprint density at radius 1 is 0.356 bits per heavy atom. The lowest BCUT2D eigenvalue weighted by molar-refractivity contribution is 0.593. The summed E-state index contributed by atoms with van der Waals surface area (Å²) in [6.45, 7) is 7.04. The third-order valence-electron chi connectivity index (χ3n) is 15.2. The van der Waals surface area contributed by atoms with Crippen molar-refractivity contribution in [3.05, 3.63) is 236 Å². The molecule has 14 rings (SSSR count). The summed E-state index contributed by atoms with van der Waals surface area (Å²) in [5, 5.41) is 11.7. The predicted octanol–water partition coefficient (Wildman–Crippen LogP) is 19.1. The highest BCUT2D eigenvalue weighted by Gasteiger charge is 2.29. The smallest absolute Gasteiger partial charge is 0.143 e. The van der Waals surface area contributed by atoms with E-state index in [-0.39, 0.29) is 5.41 Å². The first-order chi connectivity index (χ1) is 35.8. The van der Waals surface area contributed by atoms with Crippen LogP contribution in [-0.4, -0.2) is 4.98 Å². The Balaban J connectivity index is 0.954. The standard InChI is InChI=1S/C70H46N2O/c1-70(2,3)67-46(23-12-24-47(67)44-30-34-58-60-27-14-36-72-68(60)59-22-11-10-18-52(59)51-17-6-9-21-55(51)64(58)39-44)43-29-32-56-57-33-31-45(48-25-13-26-61-65-37-42(41-71)28-35-66(65)73-69(48)61)40-63(57)54-20-8-5-16-50(54)49-15-4-7-19-53(49)62(56)38-43/h4-40H,1-3H3. The number of aromatic nitrogens is 1. The van der Waals surface area contributed by atoms with Gasteiger partial charge in [0.1, 0.15) is 11.2 Å². The Morgan fingerprint density at radius 2 is 0.767 bits per heavy atom. The van der Waals surface area contributed by atoms with Crippen molar-refractivity contribution >= 4 is 21.9 Å². The van der Waals surface area contributed by atoms with Gasteiger partial charge in [-0.25, -0.2) is 0 Å². The highest BCUT2D eigenvalue weighted by molar-refractivity contribution is 6.11. The van der Waals surface area contributed by atoms with E-state index < -0.39 is 0 Å². The lowest BCUT2D eigenvalue weighted by Crippen LogP contribution is -2.15. The summed E-state index contributed by atoms with van der Waals surface area (Å²) in [5.74, 6) is 0. The quantitative estimate of drug-likeness (QED) is 0.177. The van der Waals surface area contributed by atoms with Crippen molar-refractivity contribution in [3.8, 4) is 129 Å². The van der Waals surface area contributed by atoms with Crippen molar-refractivity contribution in [2.24, 2.45) is 0 Å². The van der Waals surface area contributed by atoms with Crippen molar-refractivity contribution < 1.29 is 4.42 Å². The predicted molar refractivity (Wildman–Crippen MR) is 302 cm³/mol. The van der Waals surface area contributed by atoms with Gasteiger partial charge in [-0.15, -0.1) is 0 Å². The van der Waals surface area contributed by atoms with E-state index >= 15 is 0 Å². The fourth-order valence-corrected chi connectivity index (χ4v) is 12.1. The molecule has 2 aliphatic rings. The first-order valence-corrected chi connectivity index (χ1v) is 25.1. The molecule has 0 bridgehead atoms. The summed E-state index contributed by atoms with van der Waals surface area (Å²) in [6, 6.07) is 81.7. The zero-order valence-corrected chi connectivity index (χ0v) is 40.7. The maximum Gasteiger partial charge on any atom is 0.143 e. The van der Waals surface area contributed by atoms with Gasteiger partial charge in [-0.2, -0.15) is 5.26 Å². The Labute approximate surface area is 425 Å². The molecule has 10 aromatic carbocycles. The van der Waals surface area contributed by atoms with Crippen LogP contribution in [0.2, 0.25) is 0 Å². The molecule has 2 aliphatic carbocycles. The van der Waals surface area contributed by atoms with Crippen molar-refractivity contribution in [2.45, 2.75) is 26.2 Å². The van der Waals surface area contributed by atoms with Crippen LogP contribution in [0.4, 0.5) is 0 Å². The number of pyridine rings is 1. The van der Waals surface area contributed by atoms with Crippen LogP contribution in [-0.2, 0) is 5.41 Å². The molecule has 0 fully saturated rings. The molecular formula is C70H46N2O. The topological polar surface area (TPSA) is 49.8 Å². The van der Waals surface area contributed by atoms with Gasteiger partial charge >= 0.3 is 0 Å². The van der Waals surface area contributed by atoms with Gasteiger partial charge in [0.2, 0.25) is 0 Å². The lowest BCUT2D eigenvalue weighted by Gasteiger charge is -2.29. The summed E-state index contributed by atoms with van der Waals surface area (Å²) in [6.07, 6.45) is 1.91.